The Kier molecular flexibility index (Phi) is 4.59. The number of pyridine rings is 1. The average Bonchev–Trinajstić information content (AvgIpc) is 2.31. The van der Waals surface area contributed by atoms with Crippen molar-refractivity contribution < 1.29 is 9.53 Å². The Morgan fingerprint density at radius 3 is 2.30 bits per heavy atom. The van der Waals surface area contributed by atoms with Gasteiger partial charge in [-0.05, 0) is 27.7 Å². The number of rotatable bonds is 5. The second kappa shape index (κ2) is 5.52. The summed E-state index contributed by atoms with van der Waals surface area (Å²) in [6, 6.07) is 0. The fourth-order valence-electron chi connectivity index (χ4n) is 1.98. The van der Waals surface area contributed by atoms with Gasteiger partial charge in [-0.2, -0.15) is 0 Å². The largest absolute Gasteiger partial charge is 0.496 e. The molecule has 4 heteroatoms. The monoisotopic (exact) mass is 278 g/mol. The zero-order chi connectivity index (χ0) is 15.7. The molecule has 0 atom stereocenters. The fraction of sp³-hybridized carbons (Fsp3) is 0.625. The van der Waals surface area contributed by atoms with Crippen LogP contribution in [0.5, 0.6) is 5.75 Å². The van der Waals surface area contributed by atoms with E-state index in [0.29, 0.717) is 0 Å². The summed E-state index contributed by atoms with van der Waals surface area (Å²) in [6.07, 6.45) is 2.02. The number of hydrogen-bond donors (Lipinski definition) is 1. The molecule has 1 heterocycles. The third-order valence-corrected chi connectivity index (χ3v) is 4.39. The molecule has 0 saturated heterocycles. The second-order valence-electron chi connectivity index (χ2n) is 6.49. The normalized spacial score (nSPS) is 12.4. The molecule has 112 valence electrons. The van der Waals surface area contributed by atoms with E-state index in [2.05, 4.69) is 4.98 Å². The first kappa shape index (κ1) is 16.6. The van der Waals surface area contributed by atoms with Gasteiger partial charge in [-0.1, -0.05) is 13.8 Å². The average molecular weight is 278 g/mol. The number of aryl methyl sites for hydroxylation is 1. The SMILES string of the molecule is COc1c(C)cnc(CC(=O)C(C)(C)C(C)(C)N)c1C. The fourth-order valence-corrected chi connectivity index (χ4v) is 1.98. The number of ketones is 1. The van der Waals surface area contributed by atoms with E-state index in [1.54, 1.807) is 13.3 Å². The maximum absolute atomic E-state index is 12.6. The van der Waals surface area contributed by atoms with Crippen LogP contribution in [-0.2, 0) is 11.2 Å². The van der Waals surface area contributed by atoms with Crippen LogP contribution in [0.1, 0.15) is 44.5 Å². The highest BCUT2D eigenvalue weighted by molar-refractivity contribution is 5.87. The zero-order valence-electron chi connectivity index (χ0n) is 13.6. The molecular weight excluding hydrogens is 252 g/mol. The Bertz CT molecular complexity index is 514. The Morgan fingerprint density at radius 2 is 1.85 bits per heavy atom. The summed E-state index contributed by atoms with van der Waals surface area (Å²) in [6.45, 7) is 11.4. The van der Waals surface area contributed by atoms with Gasteiger partial charge in [0.2, 0.25) is 0 Å². The topological polar surface area (TPSA) is 65.2 Å². The van der Waals surface area contributed by atoms with Gasteiger partial charge in [0.1, 0.15) is 11.5 Å². The number of carbonyl (C=O) groups excluding carboxylic acids is 1. The Labute approximate surface area is 121 Å². The summed E-state index contributed by atoms with van der Waals surface area (Å²) in [4.78, 5) is 16.9. The predicted octanol–water partition coefficient (Wildman–Crippen LogP) is 2.58. The van der Waals surface area contributed by atoms with Gasteiger partial charge in [0.15, 0.2) is 0 Å². The number of nitrogens with two attached hydrogens (primary N) is 1. The predicted molar refractivity (Wildman–Crippen MR) is 81.0 cm³/mol. The van der Waals surface area contributed by atoms with Crippen molar-refractivity contribution in [1.29, 1.82) is 0 Å². The summed E-state index contributed by atoms with van der Waals surface area (Å²) >= 11 is 0. The van der Waals surface area contributed by atoms with Gasteiger partial charge >= 0.3 is 0 Å². The Hall–Kier alpha value is -1.42. The smallest absolute Gasteiger partial charge is 0.146 e. The van der Waals surface area contributed by atoms with Crippen LogP contribution < -0.4 is 10.5 Å². The molecule has 0 spiro atoms. The first-order chi connectivity index (χ1) is 9.02. The molecule has 0 bridgehead atoms. The summed E-state index contributed by atoms with van der Waals surface area (Å²) < 4.78 is 5.37. The van der Waals surface area contributed by atoms with Crippen LogP contribution in [0.4, 0.5) is 0 Å². The third-order valence-electron chi connectivity index (χ3n) is 4.39. The van der Waals surface area contributed by atoms with E-state index >= 15 is 0 Å². The van der Waals surface area contributed by atoms with E-state index in [4.69, 9.17) is 10.5 Å². The minimum Gasteiger partial charge on any atom is -0.496 e. The second-order valence-corrected chi connectivity index (χ2v) is 6.49. The standard InChI is InChI=1S/C16H26N2O2/c1-10-9-18-12(11(2)14(10)20-7)8-13(19)15(3,4)16(5,6)17/h9H,8,17H2,1-7H3. The summed E-state index contributed by atoms with van der Waals surface area (Å²) in [5.41, 5.74) is 7.59. The van der Waals surface area contributed by atoms with Gasteiger partial charge in [0.25, 0.3) is 0 Å². The maximum atomic E-state index is 12.6. The molecule has 1 rings (SSSR count). The van der Waals surface area contributed by atoms with Crippen molar-refractivity contribution in [3.63, 3.8) is 0 Å². The van der Waals surface area contributed by atoms with Gasteiger partial charge in [0, 0.05) is 34.7 Å². The van der Waals surface area contributed by atoms with Crippen LogP contribution in [0.3, 0.4) is 0 Å². The third kappa shape index (κ3) is 3.01. The van der Waals surface area contributed by atoms with E-state index in [-0.39, 0.29) is 12.2 Å². The molecule has 0 fully saturated rings. The lowest BCUT2D eigenvalue weighted by molar-refractivity contribution is -0.129. The highest BCUT2D eigenvalue weighted by Crippen LogP contribution is 2.32. The van der Waals surface area contributed by atoms with Crippen molar-refractivity contribution in [3.05, 3.63) is 23.0 Å². The van der Waals surface area contributed by atoms with E-state index in [1.165, 1.54) is 0 Å². The van der Waals surface area contributed by atoms with Crippen molar-refractivity contribution in [1.82, 2.24) is 4.98 Å². The number of hydrogen-bond acceptors (Lipinski definition) is 4. The highest BCUT2D eigenvalue weighted by atomic mass is 16.5. The molecule has 0 unspecified atom stereocenters. The van der Waals surface area contributed by atoms with E-state index < -0.39 is 11.0 Å². The molecule has 0 aliphatic rings. The molecule has 0 saturated carbocycles. The molecular formula is C16H26N2O2. The van der Waals surface area contributed by atoms with Crippen molar-refractivity contribution in [3.8, 4) is 5.75 Å². The first-order valence-electron chi connectivity index (χ1n) is 6.83. The molecule has 0 aliphatic carbocycles. The minimum absolute atomic E-state index is 0.0894. The van der Waals surface area contributed by atoms with E-state index in [0.717, 1.165) is 22.6 Å². The van der Waals surface area contributed by atoms with Gasteiger partial charge in [-0.3, -0.25) is 9.78 Å². The van der Waals surface area contributed by atoms with Crippen LogP contribution >= 0.6 is 0 Å². The molecule has 0 aromatic carbocycles. The van der Waals surface area contributed by atoms with E-state index in [9.17, 15) is 4.79 Å². The quantitative estimate of drug-likeness (QED) is 0.899. The lowest BCUT2D eigenvalue weighted by Gasteiger charge is -2.37. The van der Waals surface area contributed by atoms with Crippen molar-refractivity contribution in [2.75, 3.05) is 7.11 Å². The summed E-state index contributed by atoms with van der Waals surface area (Å²) in [5.74, 6) is 0.888. The van der Waals surface area contributed by atoms with Crippen molar-refractivity contribution in [2.24, 2.45) is 11.1 Å². The molecule has 0 radical (unpaired) electrons. The molecule has 1 aromatic rings. The van der Waals surface area contributed by atoms with Gasteiger partial charge in [0.05, 0.1) is 12.8 Å². The Morgan fingerprint density at radius 1 is 1.30 bits per heavy atom. The van der Waals surface area contributed by atoms with Gasteiger partial charge < -0.3 is 10.5 Å². The molecule has 1 aromatic heterocycles. The van der Waals surface area contributed by atoms with Gasteiger partial charge in [-0.15, -0.1) is 0 Å². The number of methoxy groups -OCH3 is 1. The number of ether oxygens (including phenoxy) is 1. The van der Waals surface area contributed by atoms with Crippen molar-refractivity contribution >= 4 is 5.78 Å². The lowest BCUT2D eigenvalue weighted by atomic mass is 9.71. The molecule has 0 aliphatic heterocycles. The molecule has 20 heavy (non-hydrogen) atoms. The number of Topliss-reactive ketones (excluding diaryl/α,β-unsaturated/α-hetero) is 1. The van der Waals surface area contributed by atoms with Gasteiger partial charge in [-0.25, -0.2) is 0 Å². The van der Waals surface area contributed by atoms with Crippen LogP contribution in [0.2, 0.25) is 0 Å². The van der Waals surface area contributed by atoms with Crippen LogP contribution in [0.25, 0.3) is 0 Å². The molecule has 4 nitrogen and oxygen atoms in total. The van der Waals surface area contributed by atoms with Crippen LogP contribution in [0.15, 0.2) is 6.20 Å². The van der Waals surface area contributed by atoms with E-state index in [1.807, 2.05) is 41.5 Å². The summed E-state index contributed by atoms with van der Waals surface area (Å²) in [5, 5.41) is 0. The minimum atomic E-state index is -0.612. The summed E-state index contributed by atoms with van der Waals surface area (Å²) in [7, 11) is 1.63. The van der Waals surface area contributed by atoms with Crippen LogP contribution in [0, 0.1) is 19.3 Å². The zero-order valence-corrected chi connectivity index (χ0v) is 13.6. The number of nitrogens with zero attached hydrogens (tertiary/aromatic N) is 1. The number of aromatic nitrogens is 1. The number of carbonyl (C=O) groups is 1. The molecule has 2 N–H and O–H groups in total. The van der Waals surface area contributed by atoms with Crippen LogP contribution in [-0.4, -0.2) is 23.4 Å². The molecule has 0 amide bonds. The van der Waals surface area contributed by atoms with Crippen molar-refractivity contribution in [2.45, 2.75) is 53.5 Å². The maximum Gasteiger partial charge on any atom is 0.146 e. The Balaban J connectivity index is 3.10. The highest BCUT2D eigenvalue weighted by Gasteiger charge is 2.40. The first-order valence-corrected chi connectivity index (χ1v) is 6.83. The lowest BCUT2D eigenvalue weighted by Crippen LogP contribution is -2.52.